The summed E-state index contributed by atoms with van der Waals surface area (Å²) in [6, 6.07) is 4.53. The molecule has 1 N–H and O–H groups in total. The summed E-state index contributed by atoms with van der Waals surface area (Å²) in [4.78, 5) is 4.24. The van der Waals surface area contributed by atoms with Crippen LogP contribution in [0.1, 0.15) is 39.2 Å². The summed E-state index contributed by atoms with van der Waals surface area (Å²) in [5, 5.41) is 3.39. The minimum atomic E-state index is 0.396. The van der Waals surface area contributed by atoms with Crippen molar-refractivity contribution in [2.24, 2.45) is 5.41 Å². The van der Waals surface area contributed by atoms with Crippen molar-refractivity contribution in [1.29, 1.82) is 0 Å². The number of nitrogens with zero attached hydrogens (tertiary/aromatic N) is 1. The van der Waals surface area contributed by atoms with Crippen LogP contribution in [0.2, 0.25) is 0 Å². The van der Waals surface area contributed by atoms with Crippen LogP contribution in [0, 0.1) is 5.41 Å². The molecular weight excluding hydrogens is 224 g/mol. The van der Waals surface area contributed by atoms with Gasteiger partial charge in [0.15, 0.2) is 0 Å². The molecular formula is C15H26N2O. The van der Waals surface area contributed by atoms with Gasteiger partial charge in [-0.25, -0.2) is 4.98 Å². The van der Waals surface area contributed by atoms with E-state index in [1.165, 1.54) is 18.4 Å². The van der Waals surface area contributed by atoms with E-state index in [9.17, 15) is 0 Å². The molecule has 0 aromatic carbocycles. The average Bonchev–Trinajstić information content (AvgIpc) is 2.34. The summed E-state index contributed by atoms with van der Waals surface area (Å²) in [6.45, 7) is 6.86. The highest BCUT2D eigenvalue weighted by Gasteiger charge is 2.14. The van der Waals surface area contributed by atoms with Gasteiger partial charge in [-0.2, -0.15) is 0 Å². The van der Waals surface area contributed by atoms with Gasteiger partial charge in [0.1, 0.15) is 0 Å². The van der Waals surface area contributed by atoms with Gasteiger partial charge in [0.05, 0.1) is 7.11 Å². The predicted molar refractivity (Wildman–Crippen MR) is 76.0 cm³/mol. The van der Waals surface area contributed by atoms with E-state index in [-0.39, 0.29) is 0 Å². The molecule has 1 unspecified atom stereocenters. The summed E-state index contributed by atoms with van der Waals surface area (Å²) < 4.78 is 5.07. The minimum absolute atomic E-state index is 0.396. The molecule has 1 aromatic rings. The van der Waals surface area contributed by atoms with E-state index in [0.717, 1.165) is 6.42 Å². The Bertz CT molecular complexity index is 341. The summed E-state index contributed by atoms with van der Waals surface area (Å²) in [6.07, 6.45) is 5.33. The Labute approximate surface area is 111 Å². The van der Waals surface area contributed by atoms with Gasteiger partial charge in [-0.15, -0.1) is 0 Å². The molecule has 0 bridgehead atoms. The van der Waals surface area contributed by atoms with E-state index in [2.05, 4.69) is 37.1 Å². The summed E-state index contributed by atoms with van der Waals surface area (Å²) in [5.41, 5.74) is 1.65. The highest BCUT2D eigenvalue weighted by molar-refractivity contribution is 5.18. The van der Waals surface area contributed by atoms with E-state index in [0.29, 0.717) is 17.3 Å². The molecule has 3 heteroatoms. The number of likely N-dealkylation sites (N-methyl/N-ethyl adjacent to an activating group) is 1. The minimum Gasteiger partial charge on any atom is -0.481 e. The van der Waals surface area contributed by atoms with E-state index in [4.69, 9.17) is 4.74 Å². The third-order valence-corrected chi connectivity index (χ3v) is 3.14. The average molecular weight is 250 g/mol. The van der Waals surface area contributed by atoms with Crippen molar-refractivity contribution in [1.82, 2.24) is 10.3 Å². The fourth-order valence-electron chi connectivity index (χ4n) is 1.89. The lowest BCUT2D eigenvalue weighted by Crippen LogP contribution is -2.29. The van der Waals surface area contributed by atoms with Crippen LogP contribution < -0.4 is 10.1 Å². The van der Waals surface area contributed by atoms with Gasteiger partial charge in [-0.3, -0.25) is 0 Å². The van der Waals surface area contributed by atoms with Crippen molar-refractivity contribution >= 4 is 0 Å². The second-order valence-corrected chi connectivity index (χ2v) is 6.00. The van der Waals surface area contributed by atoms with Crippen molar-refractivity contribution in [3.8, 4) is 5.88 Å². The Morgan fingerprint density at radius 1 is 1.33 bits per heavy atom. The molecule has 0 spiro atoms. The first-order valence-electron chi connectivity index (χ1n) is 6.61. The molecule has 0 aliphatic rings. The molecule has 0 saturated carbocycles. The third kappa shape index (κ3) is 5.50. The predicted octanol–water partition coefficient (Wildman–Crippen LogP) is 3.05. The number of hydrogen-bond donors (Lipinski definition) is 1. The first-order valence-corrected chi connectivity index (χ1v) is 6.61. The topological polar surface area (TPSA) is 34.1 Å². The molecule has 0 fully saturated rings. The van der Waals surface area contributed by atoms with Gasteiger partial charge in [-0.05, 0) is 37.3 Å². The quantitative estimate of drug-likeness (QED) is 0.842. The first kappa shape index (κ1) is 15.0. The summed E-state index contributed by atoms with van der Waals surface area (Å²) in [7, 11) is 3.67. The number of nitrogens with one attached hydrogen (secondary N) is 1. The van der Waals surface area contributed by atoms with Crippen LogP contribution in [0.4, 0.5) is 0 Å². The van der Waals surface area contributed by atoms with Crippen LogP contribution in [-0.2, 0) is 6.42 Å². The van der Waals surface area contributed by atoms with Crippen molar-refractivity contribution in [3.63, 3.8) is 0 Å². The second-order valence-electron chi connectivity index (χ2n) is 6.00. The number of pyridine rings is 1. The van der Waals surface area contributed by atoms with Crippen LogP contribution in [0.15, 0.2) is 18.3 Å². The molecule has 0 amide bonds. The third-order valence-electron chi connectivity index (χ3n) is 3.14. The lowest BCUT2D eigenvalue weighted by molar-refractivity contribution is 0.334. The van der Waals surface area contributed by atoms with Crippen molar-refractivity contribution in [2.75, 3.05) is 14.2 Å². The standard InChI is InChI=1S/C15H26N2O/c1-15(2,3)9-8-13(16-4)10-12-6-7-14(18-5)17-11-12/h6-7,11,13,16H,8-10H2,1-5H3. The monoisotopic (exact) mass is 250 g/mol. The Morgan fingerprint density at radius 3 is 2.50 bits per heavy atom. The molecule has 1 heterocycles. The van der Waals surface area contributed by atoms with Crippen LogP contribution in [0.3, 0.4) is 0 Å². The van der Waals surface area contributed by atoms with E-state index >= 15 is 0 Å². The molecule has 18 heavy (non-hydrogen) atoms. The Kier molecular flexibility index (Phi) is 5.60. The Hall–Kier alpha value is -1.09. The van der Waals surface area contributed by atoms with Gasteiger partial charge in [0, 0.05) is 18.3 Å². The largest absolute Gasteiger partial charge is 0.481 e. The van der Waals surface area contributed by atoms with Crippen LogP contribution >= 0.6 is 0 Å². The number of ether oxygens (including phenoxy) is 1. The maximum atomic E-state index is 5.07. The number of rotatable bonds is 6. The second kappa shape index (κ2) is 6.74. The zero-order chi connectivity index (χ0) is 13.6. The number of aromatic nitrogens is 1. The number of hydrogen-bond acceptors (Lipinski definition) is 3. The molecule has 0 aliphatic carbocycles. The molecule has 0 saturated heterocycles. The van der Waals surface area contributed by atoms with Crippen molar-refractivity contribution < 1.29 is 4.74 Å². The molecule has 1 rings (SSSR count). The normalized spacial score (nSPS) is 13.4. The van der Waals surface area contributed by atoms with Gasteiger partial charge >= 0.3 is 0 Å². The van der Waals surface area contributed by atoms with Gasteiger partial charge in [0.2, 0.25) is 5.88 Å². The summed E-state index contributed by atoms with van der Waals surface area (Å²) >= 11 is 0. The van der Waals surface area contributed by atoms with Gasteiger partial charge < -0.3 is 10.1 Å². The molecule has 1 atom stereocenters. The van der Waals surface area contributed by atoms with Crippen LogP contribution in [0.5, 0.6) is 5.88 Å². The maximum absolute atomic E-state index is 5.07. The van der Waals surface area contributed by atoms with E-state index in [1.807, 2.05) is 19.3 Å². The SMILES string of the molecule is CNC(CCC(C)(C)C)Cc1ccc(OC)nc1. The Balaban J connectivity index is 2.51. The van der Waals surface area contributed by atoms with Crippen molar-refractivity contribution in [3.05, 3.63) is 23.9 Å². The first-order chi connectivity index (χ1) is 8.44. The fourth-order valence-corrected chi connectivity index (χ4v) is 1.89. The van der Waals surface area contributed by atoms with Crippen LogP contribution in [-0.4, -0.2) is 25.2 Å². The van der Waals surface area contributed by atoms with Crippen LogP contribution in [0.25, 0.3) is 0 Å². The molecule has 0 radical (unpaired) electrons. The maximum Gasteiger partial charge on any atom is 0.212 e. The Morgan fingerprint density at radius 2 is 2.06 bits per heavy atom. The molecule has 3 nitrogen and oxygen atoms in total. The number of methoxy groups -OCH3 is 1. The smallest absolute Gasteiger partial charge is 0.212 e. The molecule has 0 aliphatic heterocycles. The zero-order valence-corrected chi connectivity index (χ0v) is 12.3. The highest BCUT2D eigenvalue weighted by Crippen LogP contribution is 2.22. The molecule has 102 valence electrons. The van der Waals surface area contributed by atoms with E-state index in [1.54, 1.807) is 7.11 Å². The van der Waals surface area contributed by atoms with E-state index < -0.39 is 0 Å². The van der Waals surface area contributed by atoms with Crippen molar-refractivity contribution in [2.45, 2.75) is 46.1 Å². The van der Waals surface area contributed by atoms with Gasteiger partial charge in [-0.1, -0.05) is 26.8 Å². The fraction of sp³-hybridized carbons (Fsp3) is 0.667. The lowest BCUT2D eigenvalue weighted by atomic mass is 9.87. The summed E-state index contributed by atoms with van der Waals surface area (Å²) in [5.74, 6) is 0.675. The van der Waals surface area contributed by atoms with Gasteiger partial charge in [0.25, 0.3) is 0 Å². The lowest BCUT2D eigenvalue weighted by Gasteiger charge is -2.23. The zero-order valence-electron chi connectivity index (χ0n) is 12.3. The highest BCUT2D eigenvalue weighted by atomic mass is 16.5. The molecule has 1 aromatic heterocycles.